The highest BCUT2D eigenvalue weighted by molar-refractivity contribution is 5.91. The minimum atomic E-state index is -0.785. The van der Waals surface area contributed by atoms with Crippen LogP contribution in [-0.2, 0) is 11.2 Å². The first kappa shape index (κ1) is 19.1. The van der Waals surface area contributed by atoms with E-state index in [1.54, 1.807) is 14.2 Å². The largest absolute Gasteiger partial charge is 0.493 e. The standard InChI is InChI=1S/C20H22F2N2O3/c1-12-15-10-19(27-3)18(26-2)8-13(15)6-7-24(12)11-20(25)23-17-5-4-14(21)9-16(17)22/h4-5,8-10,12H,6-7,11H2,1-3H3,(H,23,25)/p+1/t12-/m0/s1. The highest BCUT2D eigenvalue weighted by atomic mass is 19.1. The number of quaternary nitrogens is 1. The van der Waals surface area contributed by atoms with Crippen LogP contribution in [0.25, 0.3) is 0 Å². The van der Waals surface area contributed by atoms with Crippen LogP contribution in [0.4, 0.5) is 14.5 Å². The number of carbonyl (C=O) groups excluding carboxylic acids is 1. The van der Waals surface area contributed by atoms with Crippen molar-refractivity contribution in [2.45, 2.75) is 19.4 Å². The van der Waals surface area contributed by atoms with Crippen LogP contribution in [0.15, 0.2) is 30.3 Å². The summed E-state index contributed by atoms with van der Waals surface area (Å²) in [7, 11) is 3.19. The SMILES string of the molecule is COc1cc2c(cc1OC)[C@H](C)[NH+](CC(=O)Nc1ccc(F)cc1F)CC2. The van der Waals surface area contributed by atoms with Gasteiger partial charge < -0.3 is 19.7 Å². The topological polar surface area (TPSA) is 52.0 Å². The molecular weight excluding hydrogens is 354 g/mol. The summed E-state index contributed by atoms with van der Waals surface area (Å²) >= 11 is 0. The first-order valence-corrected chi connectivity index (χ1v) is 8.77. The molecule has 2 N–H and O–H groups in total. The van der Waals surface area contributed by atoms with Crippen molar-refractivity contribution in [2.24, 2.45) is 0 Å². The molecule has 1 unspecified atom stereocenters. The summed E-state index contributed by atoms with van der Waals surface area (Å²) in [4.78, 5) is 13.4. The van der Waals surface area contributed by atoms with E-state index in [0.29, 0.717) is 11.5 Å². The van der Waals surface area contributed by atoms with Crippen molar-refractivity contribution in [3.63, 3.8) is 0 Å². The molecule has 1 aliphatic heterocycles. The van der Waals surface area contributed by atoms with Gasteiger partial charge in [0.1, 0.15) is 17.7 Å². The zero-order valence-corrected chi connectivity index (χ0v) is 15.6. The smallest absolute Gasteiger partial charge is 0.279 e. The van der Waals surface area contributed by atoms with E-state index >= 15 is 0 Å². The van der Waals surface area contributed by atoms with Gasteiger partial charge in [-0.05, 0) is 36.8 Å². The molecule has 0 saturated carbocycles. The lowest BCUT2D eigenvalue weighted by atomic mass is 9.93. The fraction of sp³-hybridized carbons (Fsp3) is 0.350. The first-order chi connectivity index (χ1) is 12.9. The Labute approximate surface area is 156 Å². The lowest BCUT2D eigenvalue weighted by Gasteiger charge is -2.32. The summed E-state index contributed by atoms with van der Waals surface area (Å²) in [5.41, 5.74) is 2.26. The Morgan fingerprint density at radius 3 is 2.56 bits per heavy atom. The van der Waals surface area contributed by atoms with E-state index in [0.717, 1.165) is 35.6 Å². The number of hydrogen-bond donors (Lipinski definition) is 2. The van der Waals surface area contributed by atoms with E-state index in [9.17, 15) is 13.6 Å². The van der Waals surface area contributed by atoms with Crippen molar-refractivity contribution in [1.82, 2.24) is 0 Å². The van der Waals surface area contributed by atoms with Gasteiger partial charge in [0.25, 0.3) is 5.91 Å². The van der Waals surface area contributed by atoms with Crippen LogP contribution in [0.2, 0.25) is 0 Å². The average Bonchev–Trinajstić information content (AvgIpc) is 2.65. The predicted octanol–water partition coefficient (Wildman–Crippen LogP) is 2.12. The lowest BCUT2D eigenvalue weighted by Crippen LogP contribution is -3.14. The molecule has 0 aliphatic carbocycles. The molecular formula is C20H23F2N2O3+. The molecule has 2 atom stereocenters. The molecule has 2 aromatic carbocycles. The normalized spacial score (nSPS) is 18.6. The molecule has 144 valence electrons. The molecule has 1 amide bonds. The average molecular weight is 377 g/mol. The number of methoxy groups -OCH3 is 2. The molecule has 27 heavy (non-hydrogen) atoms. The van der Waals surface area contributed by atoms with Gasteiger partial charge in [-0.25, -0.2) is 8.78 Å². The molecule has 2 aromatic rings. The van der Waals surface area contributed by atoms with Crippen LogP contribution < -0.4 is 19.7 Å². The molecule has 5 nitrogen and oxygen atoms in total. The Kier molecular flexibility index (Phi) is 5.60. The number of rotatable bonds is 5. The van der Waals surface area contributed by atoms with Gasteiger partial charge in [-0.15, -0.1) is 0 Å². The highest BCUT2D eigenvalue weighted by Crippen LogP contribution is 2.33. The zero-order chi connectivity index (χ0) is 19.6. The first-order valence-electron chi connectivity index (χ1n) is 8.77. The fourth-order valence-electron chi connectivity index (χ4n) is 3.52. The zero-order valence-electron chi connectivity index (χ0n) is 15.6. The molecule has 0 bridgehead atoms. The number of anilines is 1. The summed E-state index contributed by atoms with van der Waals surface area (Å²) < 4.78 is 37.5. The maximum absolute atomic E-state index is 13.7. The number of benzene rings is 2. The quantitative estimate of drug-likeness (QED) is 0.839. The minimum Gasteiger partial charge on any atom is -0.493 e. The van der Waals surface area contributed by atoms with E-state index in [4.69, 9.17) is 9.47 Å². The summed E-state index contributed by atoms with van der Waals surface area (Å²) in [5.74, 6) is -0.432. The maximum atomic E-state index is 13.7. The number of fused-ring (bicyclic) bond motifs is 1. The van der Waals surface area contributed by atoms with Crippen molar-refractivity contribution in [1.29, 1.82) is 0 Å². The molecule has 1 heterocycles. The highest BCUT2D eigenvalue weighted by Gasteiger charge is 2.30. The van der Waals surface area contributed by atoms with Gasteiger partial charge in [0.05, 0.1) is 26.5 Å². The van der Waals surface area contributed by atoms with Crippen molar-refractivity contribution in [2.75, 3.05) is 32.6 Å². The van der Waals surface area contributed by atoms with E-state index in [2.05, 4.69) is 5.32 Å². The van der Waals surface area contributed by atoms with Crippen LogP contribution in [0, 0.1) is 11.6 Å². The van der Waals surface area contributed by atoms with Crippen LogP contribution in [-0.4, -0.2) is 33.2 Å². The Bertz CT molecular complexity index is 857. The van der Waals surface area contributed by atoms with Gasteiger partial charge in [0, 0.05) is 18.1 Å². The van der Waals surface area contributed by atoms with E-state index in [1.165, 1.54) is 11.6 Å². The van der Waals surface area contributed by atoms with Gasteiger partial charge in [-0.1, -0.05) is 0 Å². The third-order valence-corrected chi connectivity index (χ3v) is 5.03. The van der Waals surface area contributed by atoms with Gasteiger partial charge in [0.15, 0.2) is 18.0 Å². The Morgan fingerprint density at radius 2 is 1.89 bits per heavy atom. The Hall–Kier alpha value is -2.67. The number of ether oxygens (including phenoxy) is 2. The Morgan fingerprint density at radius 1 is 1.19 bits per heavy atom. The summed E-state index contributed by atoms with van der Waals surface area (Å²) in [5, 5.41) is 2.52. The van der Waals surface area contributed by atoms with Crippen LogP contribution in [0.1, 0.15) is 24.1 Å². The van der Waals surface area contributed by atoms with Crippen molar-refractivity contribution >= 4 is 11.6 Å². The molecule has 0 aromatic heterocycles. The summed E-state index contributed by atoms with van der Waals surface area (Å²) in [6.45, 7) is 3.00. The lowest BCUT2D eigenvalue weighted by molar-refractivity contribution is -0.924. The second kappa shape index (κ2) is 7.92. The third-order valence-electron chi connectivity index (χ3n) is 5.03. The number of nitrogens with one attached hydrogen (secondary N) is 2. The maximum Gasteiger partial charge on any atom is 0.279 e. The monoisotopic (exact) mass is 377 g/mol. The van der Waals surface area contributed by atoms with Gasteiger partial charge in [-0.2, -0.15) is 0 Å². The summed E-state index contributed by atoms with van der Waals surface area (Å²) in [6.07, 6.45) is 0.799. The Balaban J connectivity index is 1.73. The molecule has 0 radical (unpaired) electrons. The number of hydrogen-bond acceptors (Lipinski definition) is 3. The molecule has 1 aliphatic rings. The van der Waals surface area contributed by atoms with E-state index < -0.39 is 11.6 Å². The molecule has 0 saturated heterocycles. The summed E-state index contributed by atoms with van der Waals surface area (Å²) in [6, 6.07) is 7.10. The van der Waals surface area contributed by atoms with E-state index in [1.807, 2.05) is 19.1 Å². The van der Waals surface area contributed by atoms with Crippen molar-refractivity contribution < 1.29 is 27.9 Å². The number of halogens is 2. The van der Waals surface area contributed by atoms with Crippen LogP contribution in [0.3, 0.4) is 0 Å². The third kappa shape index (κ3) is 4.03. The van der Waals surface area contributed by atoms with Gasteiger partial charge >= 0.3 is 0 Å². The molecule has 0 spiro atoms. The minimum absolute atomic E-state index is 0.0164. The second-order valence-electron chi connectivity index (χ2n) is 6.64. The molecule has 7 heteroatoms. The van der Waals surface area contributed by atoms with Crippen LogP contribution in [0.5, 0.6) is 11.5 Å². The fourth-order valence-corrected chi connectivity index (χ4v) is 3.52. The van der Waals surface area contributed by atoms with Crippen molar-refractivity contribution in [3.8, 4) is 11.5 Å². The predicted molar refractivity (Wildman–Crippen MR) is 97.3 cm³/mol. The number of amides is 1. The van der Waals surface area contributed by atoms with Gasteiger partial charge in [0.2, 0.25) is 0 Å². The second-order valence-corrected chi connectivity index (χ2v) is 6.64. The number of carbonyl (C=O) groups is 1. The molecule has 3 rings (SSSR count). The van der Waals surface area contributed by atoms with Crippen LogP contribution >= 0.6 is 0 Å². The van der Waals surface area contributed by atoms with Crippen molar-refractivity contribution in [3.05, 3.63) is 53.1 Å². The van der Waals surface area contributed by atoms with Gasteiger partial charge in [-0.3, -0.25) is 4.79 Å². The molecule has 0 fully saturated rings. The van der Waals surface area contributed by atoms with E-state index in [-0.39, 0.29) is 24.2 Å².